The number of rotatable bonds is 10. The lowest BCUT2D eigenvalue weighted by atomic mass is 10.3. The Balaban J connectivity index is 0.00000277. The van der Waals surface area contributed by atoms with Crippen molar-refractivity contribution in [2.45, 2.75) is 59.7 Å². The molecule has 2 unspecified atom stereocenters. The molecule has 0 aromatic rings. The highest BCUT2D eigenvalue weighted by atomic mass is 16.6. The van der Waals surface area contributed by atoms with Crippen molar-refractivity contribution in [1.29, 1.82) is 0 Å². The van der Waals surface area contributed by atoms with Gasteiger partial charge in [0.05, 0.1) is 19.1 Å². The van der Waals surface area contributed by atoms with E-state index in [4.69, 9.17) is 14.2 Å². The predicted molar refractivity (Wildman–Crippen MR) is 97.5 cm³/mol. The third kappa shape index (κ3) is 12.8. The first-order valence-electron chi connectivity index (χ1n) is 9.41. The van der Waals surface area contributed by atoms with Crippen LogP contribution in [0.4, 0.5) is 0 Å². The molecule has 0 saturated carbocycles. The van der Waals surface area contributed by atoms with Gasteiger partial charge in [-0.2, -0.15) is 0 Å². The van der Waals surface area contributed by atoms with Gasteiger partial charge in [-0.1, -0.05) is 20.8 Å². The van der Waals surface area contributed by atoms with Crippen molar-refractivity contribution in [1.82, 2.24) is 10.2 Å². The van der Waals surface area contributed by atoms with Crippen molar-refractivity contribution in [3.05, 3.63) is 0 Å². The van der Waals surface area contributed by atoms with Crippen LogP contribution < -0.4 is 5.32 Å². The van der Waals surface area contributed by atoms with Crippen LogP contribution in [0.25, 0.3) is 0 Å². The normalized spacial score (nSPS) is 17.0. The maximum absolute atomic E-state index is 11.8. The predicted octanol–water partition coefficient (Wildman–Crippen LogP) is 1.60. The number of carbonyl (C=O) groups excluding carboxylic acids is 2. The fourth-order valence-electron chi connectivity index (χ4n) is 2.16. The van der Waals surface area contributed by atoms with Crippen molar-refractivity contribution in [3.63, 3.8) is 0 Å². The maximum Gasteiger partial charge on any atom is 0.307 e. The molecule has 0 spiro atoms. The average molecular weight is 360 g/mol. The number of hydrogen-bond donors (Lipinski definition) is 1. The molecule has 25 heavy (non-hydrogen) atoms. The molecule has 0 amide bonds. The number of carbonyl (C=O) groups is 2. The van der Waals surface area contributed by atoms with E-state index >= 15 is 0 Å². The second-order valence-corrected chi connectivity index (χ2v) is 5.82. The van der Waals surface area contributed by atoms with Crippen molar-refractivity contribution < 1.29 is 23.8 Å². The Morgan fingerprint density at radius 1 is 1.04 bits per heavy atom. The van der Waals surface area contributed by atoms with Gasteiger partial charge in [-0.3, -0.25) is 9.59 Å². The standard InChI is InChI=1S/C16H30N2O5.C2H6/c1-4-15(19)22-11-13(2)21-12-14(3)23-16(20)5-8-18-9-6-17-7-10-18;1-2/h13-14,17H,4-12H2,1-3H3;1-2H3. The summed E-state index contributed by atoms with van der Waals surface area (Å²) in [6.45, 7) is 14.5. The molecular weight excluding hydrogens is 324 g/mol. The smallest absolute Gasteiger partial charge is 0.307 e. The molecule has 7 nitrogen and oxygen atoms in total. The second kappa shape index (κ2) is 15.1. The maximum atomic E-state index is 11.8. The molecule has 1 rings (SSSR count). The Kier molecular flexibility index (Phi) is 14.4. The summed E-state index contributed by atoms with van der Waals surface area (Å²) in [4.78, 5) is 25.1. The lowest BCUT2D eigenvalue weighted by molar-refractivity contribution is -0.154. The molecule has 1 aliphatic rings. The minimum Gasteiger partial charge on any atom is -0.463 e. The molecule has 0 aliphatic carbocycles. The SMILES string of the molecule is CC.CCC(=O)OCC(C)OCC(C)OC(=O)CCN1CCNCC1. The molecule has 1 N–H and O–H groups in total. The van der Waals surface area contributed by atoms with Crippen LogP contribution >= 0.6 is 0 Å². The zero-order chi connectivity index (χ0) is 19.1. The fourth-order valence-corrected chi connectivity index (χ4v) is 2.16. The summed E-state index contributed by atoms with van der Waals surface area (Å²) < 4.78 is 15.8. The van der Waals surface area contributed by atoms with E-state index in [0.717, 1.165) is 32.7 Å². The monoisotopic (exact) mass is 360 g/mol. The molecule has 0 bridgehead atoms. The van der Waals surface area contributed by atoms with E-state index in [1.807, 2.05) is 20.8 Å². The van der Waals surface area contributed by atoms with Crippen molar-refractivity contribution in [3.8, 4) is 0 Å². The van der Waals surface area contributed by atoms with E-state index in [-0.39, 0.29) is 30.8 Å². The van der Waals surface area contributed by atoms with Crippen molar-refractivity contribution in [2.75, 3.05) is 45.9 Å². The first-order valence-corrected chi connectivity index (χ1v) is 9.41. The Morgan fingerprint density at radius 3 is 2.28 bits per heavy atom. The average Bonchev–Trinajstić information content (AvgIpc) is 2.65. The van der Waals surface area contributed by atoms with E-state index in [9.17, 15) is 9.59 Å². The van der Waals surface area contributed by atoms with Gasteiger partial charge < -0.3 is 24.4 Å². The number of piperazine rings is 1. The molecule has 148 valence electrons. The lowest BCUT2D eigenvalue weighted by Crippen LogP contribution is -2.44. The summed E-state index contributed by atoms with van der Waals surface area (Å²) in [7, 11) is 0. The Hall–Kier alpha value is -1.18. The molecule has 1 saturated heterocycles. The third-order valence-corrected chi connectivity index (χ3v) is 3.56. The number of ether oxygens (including phenoxy) is 3. The Bertz CT molecular complexity index is 359. The summed E-state index contributed by atoms with van der Waals surface area (Å²) in [5.74, 6) is -0.447. The van der Waals surface area contributed by atoms with E-state index in [1.165, 1.54) is 0 Å². The fraction of sp³-hybridized carbons (Fsp3) is 0.889. The molecule has 2 atom stereocenters. The third-order valence-electron chi connectivity index (χ3n) is 3.56. The number of nitrogens with zero attached hydrogens (tertiary/aromatic N) is 1. The van der Waals surface area contributed by atoms with Gasteiger partial charge >= 0.3 is 11.9 Å². The van der Waals surface area contributed by atoms with Crippen LogP contribution in [-0.2, 0) is 23.8 Å². The molecule has 7 heteroatoms. The summed E-state index contributed by atoms with van der Waals surface area (Å²) in [5.41, 5.74) is 0. The number of nitrogens with one attached hydrogen (secondary N) is 1. The summed E-state index contributed by atoms with van der Waals surface area (Å²) in [5, 5.41) is 3.28. The molecular formula is C18H36N2O5. The van der Waals surface area contributed by atoms with Crippen LogP contribution in [-0.4, -0.2) is 75.0 Å². The Labute approximate surface area is 152 Å². The van der Waals surface area contributed by atoms with Crippen molar-refractivity contribution >= 4 is 11.9 Å². The minimum atomic E-state index is -0.310. The number of hydrogen-bond acceptors (Lipinski definition) is 7. The van der Waals surface area contributed by atoms with E-state index in [1.54, 1.807) is 13.8 Å². The molecule has 1 heterocycles. The largest absolute Gasteiger partial charge is 0.463 e. The Morgan fingerprint density at radius 2 is 1.68 bits per heavy atom. The molecule has 0 aromatic heterocycles. The van der Waals surface area contributed by atoms with Gasteiger partial charge in [0.1, 0.15) is 12.7 Å². The van der Waals surface area contributed by atoms with Crippen LogP contribution in [0.15, 0.2) is 0 Å². The first kappa shape index (κ1) is 23.8. The minimum absolute atomic E-state index is 0.204. The van der Waals surface area contributed by atoms with Crippen LogP contribution in [0.5, 0.6) is 0 Å². The van der Waals surface area contributed by atoms with Crippen LogP contribution in [0.3, 0.4) is 0 Å². The van der Waals surface area contributed by atoms with Gasteiger partial charge in [0, 0.05) is 39.1 Å². The zero-order valence-electron chi connectivity index (χ0n) is 16.5. The zero-order valence-corrected chi connectivity index (χ0v) is 16.5. The van der Waals surface area contributed by atoms with Gasteiger partial charge in [-0.05, 0) is 13.8 Å². The highest BCUT2D eigenvalue weighted by Gasteiger charge is 2.15. The van der Waals surface area contributed by atoms with E-state index < -0.39 is 0 Å². The lowest BCUT2D eigenvalue weighted by Gasteiger charge is -2.26. The van der Waals surface area contributed by atoms with Crippen LogP contribution in [0.1, 0.15) is 47.5 Å². The molecule has 0 aromatic carbocycles. The van der Waals surface area contributed by atoms with E-state index in [0.29, 0.717) is 19.4 Å². The molecule has 1 aliphatic heterocycles. The molecule has 0 radical (unpaired) electrons. The van der Waals surface area contributed by atoms with Crippen LogP contribution in [0, 0.1) is 0 Å². The summed E-state index contributed by atoms with van der Waals surface area (Å²) in [6, 6.07) is 0. The summed E-state index contributed by atoms with van der Waals surface area (Å²) in [6.07, 6.45) is 0.226. The van der Waals surface area contributed by atoms with Gasteiger partial charge in [0.25, 0.3) is 0 Å². The van der Waals surface area contributed by atoms with Gasteiger partial charge in [-0.15, -0.1) is 0 Å². The first-order chi connectivity index (χ1) is 12.0. The number of esters is 2. The van der Waals surface area contributed by atoms with Gasteiger partial charge in [0.15, 0.2) is 0 Å². The quantitative estimate of drug-likeness (QED) is 0.593. The highest BCUT2D eigenvalue weighted by Crippen LogP contribution is 2.02. The molecule has 1 fully saturated rings. The van der Waals surface area contributed by atoms with E-state index in [2.05, 4.69) is 10.2 Å². The van der Waals surface area contributed by atoms with Gasteiger partial charge in [-0.25, -0.2) is 0 Å². The van der Waals surface area contributed by atoms with Crippen LogP contribution in [0.2, 0.25) is 0 Å². The summed E-state index contributed by atoms with van der Waals surface area (Å²) >= 11 is 0. The second-order valence-electron chi connectivity index (χ2n) is 5.82. The van der Waals surface area contributed by atoms with Crippen molar-refractivity contribution in [2.24, 2.45) is 0 Å². The topological polar surface area (TPSA) is 77.1 Å². The highest BCUT2D eigenvalue weighted by molar-refractivity contribution is 5.69. The van der Waals surface area contributed by atoms with Gasteiger partial charge in [0.2, 0.25) is 0 Å².